The molecule has 0 aromatic heterocycles. The predicted octanol–water partition coefficient (Wildman–Crippen LogP) is 0.600. The molecular weight excluding hydrogens is 314 g/mol. The predicted molar refractivity (Wildman–Crippen MR) is 98.4 cm³/mol. The van der Waals surface area contributed by atoms with E-state index in [4.69, 9.17) is 0 Å². The average molecular weight is 350 g/mol. The van der Waals surface area contributed by atoms with Crippen molar-refractivity contribution in [2.75, 3.05) is 39.0 Å². The first-order chi connectivity index (χ1) is 10.7. The summed E-state index contributed by atoms with van der Waals surface area (Å²) in [6, 6.07) is 1.02. The molecule has 0 aromatic carbocycles. The summed E-state index contributed by atoms with van der Waals surface area (Å²) in [5.74, 6) is 0.777. The number of aliphatic imine (C=N–C) groups is 1. The molecule has 0 rings (SSSR count). The number of nitrogens with one attached hydrogen (secondary N) is 3. The number of hydrogen-bond acceptors (Lipinski definition) is 4. The van der Waals surface area contributed by atoms with E-state index in [1.165, 1.54) is 0 Å². The Bertz CT molecular complexity index is 427. The molecule has 7 nitrogen and oxygen atoms in total. The van der Waals surface area contributed by atoms with Crippen molar-refractivity contribution in [2.24, 2.45) is 4.99 Å². The summed E-state index contributed by atoms with van der Waals surface area (Å²) in [5, 5.41) is 6.53. The number of nitrogens with zero attached hydrogens (tertiary/aromatic N) is 2. The maximum Gasteiger partial charge on any atom is 0.208 e. The minimum absolute atomic E-state index is 0.413. The van der Waals surface area contributed by atoms with Gasteiger partial charge in [0.1, 0.15) is 0 Å². The van der Waals surface area contributed by atoms with E-state index in [2.05, 4.69) is 52.9 Å². The molecule has 0 unspecified atom stereocenters. The monoisotopic (exact) mass is 349 g/mol. The van der Waals surface area contributed by atoms with Gasteiger partial charge in [0.05, 0.1) is 6.26 Å². The van der Waals surface area contributed by atoms with Crippen LogP contribution >= 0.6 is 0 Å². The molecule has 0 spiro atoms. The van der Waals surface area contributed by atoms with Crippen molar-refractivity contribution < 1.29 is 8.42 Å². The van der Waals surface area contributed by atoms with Crippen molar-refractivity contribution in [1.29, 1.82) is 0 Å². The van der Waals surface area contributed by atoms with Crippen LogP contribution < -0.4 is 15.4 Å². The van der Waals surface area contributed by atoms with Gasteiger partial charge < -0.3 is 10.6 Å². The van der Waals surface area contributed by atoms with Crippen molar-refractivity contribution in [3.8, 4) is 0 Å². The maximum atomic E-state index is 11.0. The van der Waals surface area contributed by atoms with Gasteiger partial charge in [0.25, 0.3) is 0 Å². The highest BCUT2D eigenvalue weighted by Crippen LogP contribution is 2.03. The van der Waals surface area contributed by atoms with Crippen molar-refractivity contribution in [2.45, 2.75) is 53.1 Å². The Hall–Kier alpha value is -0.860. The van der Waals surface area contributed by atoms with Crippen molar-refractivity contribution in [1.82, 2.24) is 20.3 Å². The van der Waals surface area contributed by atoms with Gasteiger partial charge in [-0.2, -0.15) is 0 Å². The standard InChI is InChI=1S/C15H35N5O2S/c1-7-16-15(17-9-8-10-19-23(6,21)22)18-11-12-20(13(2)3)14(4)5/h13-14,19H,7-12H2,1-6H3,(H2,16,17,18). The van der Waals surface area contributed by atoms with Crippen LogP contribution in [-0.2, 0) is 10.0 Å². The van der Waals surface area contributed by atoms with Crippen LogP contribution in [0.2, 0.25) is 0 Å². The third-order valence-electron chi connectivity index (χ3n) is 3.30. The van der Waals surface area contributed by atoms with Gasteiger partial charge in [-0.15, -0.1) is 0 Å². The Kier molecular flexibility index (Phi) is 11.2. The second kappa shape index (κ2) is 11.6. The molecule has 0 aromatic rings. The molecule has 23 heavy (non-hydrogen) atoms. The van der Waals surface area contributed by atoms with E-state index in [1.807, 2.05) is 6.92 Å². The van der Waals surface area contributed by atoms with Gasteiger partial charge >= 0.3 is 0 Å². The molecule has 0 bridgehead atoms. The first-order valence-electron chi connectivity index (χ1n) is 8.40. The lowest BCUT2D eigenvalue weighted by Crippen LogP contribution is -2.45. The second-order valence-corrected chi connectivity index (χ2v) is 7.97. The molecule has 0 saturated carbocycles. The SMILES string of the molecule is CCNC(=NCCCNS(C)(=O)=O)NCCN(C(C)C)C(C)C. The van der Waals surface area contributed by atoms with Gasteiger partial charge in [0.15, 0.2) is 5.96 Å². The van der Waals surface area contributed by atoms with E-state index in [-0.39, 0.29) is 0 Å². The highest BCUT2D eigenvalue weighted by molar-refractivity contribution is 7.88. The van der Waals surface area contributed by atoms with Gasteiger partial charge in [0.2, 0.25) is 10.0 Å². The molecule has 0 amide bonds. The second-order valence-electron chi connectivity index (χ2n) is 6.13. The van der Waals surface area contributed by atoms with E-state index in [0.717, 1.165) is 31.8 Å². The Balaban J connectivity index is 4.21. The van der Waals surface area contributed by atoms with Crippen molar-refractivity contribution >= 4 is 16.0 Å². The zero-order valence-corrected chi connectivity index (χ0v) is 16.3. The topological polar surface area (TPSA) is 85.8 Å². The quantitative estimate of drug-likeness (QED) is 0.289. The Labute approximate surface area is 142 Å². The Morgan fingerprint density at radius 3 is 2.17 bits per heavy atom. The van der Waals surface area contributed by atoms with E-state index in [9.17, 15) is 8.42 Å². The lowest BCUT2D eigenvalue weighted by atomic mass is 10.2. The van der Waals surface area contributed by atoms with Gasteiger partial charge in [-0.1, -0.05) is 0 Å². The van der Waals surface area contributed by atoms with E-state index in [1.54, 1.807) is 0 Å². The summed E-state index contributed by atoms with van der Waals surface area (Å²) in [5.41, 5.74) is 0. The Morgan fingerprint density at radius 2 is 1.70 bits per heavy atom. The van der Waals surface area contributed by atoms with Gasteiger partial charge in [-0.05, 0) is 41.0 Å². The van der Waals surface area contributed by atoms with Crippen LogP contribution in [0.15, 0.2) is 4.99 Å². The lowest BCUT2D eigenvalue weighted by Gasteiger charge is -2.30. The largest absolute Gasteiger partial charge is 0.357 e. The molecule has 3 N–H and O–H groups in total. The summed E-state index contributed by atoms with van der Waals surface area (Å²) in [6.07, 6.45) is 1.84. The van der Waals surface area contributed by atoms with Crippen LogP contribution in [0.4, 0.5) is 0 Å². The zero-order chi connectivity index (χ0) is 17.9. The van der Waals surface area contributed by atoms with Gasteiger partial charge in [-0.3, -0.25) is 9.89 Å². The van der Waals surface area contributed by atoms with Crippen LogP contribution in [0.5, 0.6) is 0 Å². The lowest BCUT2D eigenvalue weighted by molar-refractivity contribution is 0.178. The van der Waals surface area contributed by atoms with Crippen LogP contribution in [-0.4, -0.2) is 70.3 Å². The smallest absolute Gasteiger partial charge is 0.208 e. The molecule has 0 saturated heterocycles. The number of sulfonamides is 1. The zero-order valence-electron chi connectivity index (χ0n) is 15.5. The first-order valence-corrected chi connectivity index (χ1v) is 10.3. The minimum Gasteiger partial charge on any atom is -0.357 e. The van der Waals surface area contributed by atoms with E-state index in [0.29, 0.717) is 31.6 Å². The van der Waals surface area contributed by atoms with Gasteiger partial charge in [-0.25, -0.2) is 13.1 Å². The highest BCUT2D eigenvalue weighted by Gasteiger charge is 2.12. The van der Waals surface area contributed by atoms with Crippen LogP contribution in [0.3, 0.4) is 0 Å². The molecule has 0 fully saturated rings. The fourth-order valence-corrected chi connectivity index (χ4v) is 2.80. The van der Waals surface area contributed by atoms with Crippen LogP contribution in [0, 0.1) is 0 Å². The van der Waals surface area contributed by atoms with Crippen LogP contribution in [0.1, 0.15) is 41.0 Å². The molecule has 8 heteroatoms. The summed E-state index contributed by atoms with van der Waals surface area (Å²) in [7, 11) is -3.11. The fourth-order valence-electron chi connectivity index (χ4n) is 2.29. The minimum atomic E-state index is -3.11. The molecule has 0 heterocycles. The van der Waals surface area contributed by atoms with Crippen LogP contribution in [0.25, 0.3) is 0 Å². The van der Waals surface area contributed by atoms with E-state index >= 15 is 0 Å². The Morgan fingerprint density at radius 1 is 1.09 bits per heavy atom. The molecule has 0 aliphatic rings. The first kappa shape index (κ1) is 22.1. The molecular formula is C15H35N5O2S. The maximum absolute atomic E-state index is 11.0. The third-order valence-corrected chi connectivity index (χ3v) is 4.03. The number of rotatable bonds is 11. The molecule has 138 valence electrons. The van der Waals surface area contributed by atoms with E-state index < -0.39 is 10.0 Å². The number of hydrogen-bond donors (Lipinski definition) is 3. The summed E-state index contributed by atoms with van der Waals surface area (Å²) < 4.78 is 24.4. The third kappa shape index (κ3) is 12.3. The molecule has 0 aliphatic heterocycles. The van der Waals surface area contributed by atoms with Gasteiger partial charge in [0, 0.05) is 44.8 Å². The normalized spacial score (nSPS) is 13.2. The van der Waals surface area contributed by atoms with Crippen molar-refractivity contribution in [3.63, 3.8) is 0 Å². The summed E-state index contributed by atoms with van der Waals surface area (Å²) in [4.78, 5) is 6.88. The van der Waals surface area contributed by atoms with Crippen molar-refractivity contribution in [3.05, 3.63) is 0 Å². The molecule has 0 atom stereocenters. The summed E-state index contributed by atoms with van der Waals surface area (Å²) in [6.45, 7) is 14.4. The molecule has 0 aliphatic carbocycles. The number of guanidine groups is 1. The highest BCUT2D eigenvalue weighted by atomic mass is 32.2. The average Bonchev–Trinajstić information content (AvgIpc) is 2.40. The molecule has 0 radical (unpaired) electrons. The summed E-state index contributed by atoms with van der Waals surface area (Å²) >= 11 is 0. The fraction of sp³-hybridized carbons (Fsp3) is 0.933.